The summed E-state index contributed by atoms with van der Waals surface area (Å²) in [5, 5.41) is 4.34. The Balaban J connectivity index is 1.44. The van der Waals surface area contributed by atoms with Gasteiger partial charge in [0.05, 0.1) is 11.3 Å². The van der Waals surface area contributed by atoms with Crippen molar-refractivity contribution < 1.29 is 19.1 Å². The van der Waals surface area contributed by atoms with Gasteiger partial charge in [-0.05, 0) is 18.2 Å². The maximum atomic E-state index is 13.2. The number of rotatable bonds is 3. The van der Waals surface area contributed by atoms with Crippen LogP contribution in [0.4, 0.5) is 5.69 Å². The number of para-hydroxylation sites is 3. The van der Waals surface area contributed by atoms with E-state index in [1.807, 2.05) is 18.2 Å². The first kappa shape index (κ1) is 19.4. The van der Waals surface area contributed by atoms with Crippen LogP contribution in [0, 0.1) is 0 Å². The highest BCUT2D eigenvalue weighted by Gasteiger charge is 2.35. The molecule has 6 rings (SSSR count). The van der Waals surface area contributed by atoms with Crippen molar-refractivity contribution in [1.29, 1.82) is 0 Å². The number of benzene rings is 2. The molecule has 1 unspecified atom stereocenters. The Hall–Kier alpha value is -4.25. The summed E-state index contributed by atoms with van der Waals surface area (Å²) in [6.45, 7) is -0.0693. The lowest BCUT2D eigenvalue weighted by Crippen LogP contribution is -2.37. The molecule has 1 atom stereocenters. The van der Waals surface area contributed by atoms with Gasteiger partial charge in [0.25, 0.3) is 11.5 Å². The Morgan fingerprint density at radius 1 is 1.12 bits per heavy atom. The zero-order chi connectivity index (χ0) is 22.7. The van der Waals surface area contributed by atoms with Crippen LogP contribution in [0.1, 0.15) is 17.5 Å². The van der Waals surface area contributed by atoms with E-state index in [1.165, 1.54) is 9.42 Å². The third-order valence-corrected chi connectivity index (χ3v) is 6.46. The highest BCUT2D eigenvalue weighted by molar-refractivity contribution is 7.15. The molecule has 0 saturated heterocycles. The van der Waals surface area contributed by atoms with Gasteiger partial charge in [0, 0.05) is 5.56 Å². The number of hydrogen-bond donors (Lipinski definition) is 1. The predicted molar refractivity (Wildman–Crippen MR) is 118 cm³/mol. The molecule has 0 bridgehead atoms. The first-order chi connectivity index (χ1) is 16.0. The van der Waals surface area contributed by atoms with Crippen LogP contribution in [0.5, 0.6) is 11.5 Å². The van der Waals surface area contributed by atoms with Crippen molar-refractivity contribution in [2.75, 3.05) is 18.1 Å². The van der Waals surface area contributed by atoms with E-state index in [4.69, 9.17) is 15.2 Å². The van der Waals surface area contributed by atoms with Gasteiger partial charge in [-0.25, -0.2) is 0 Å². The van der Waals surface area contributed by atoms with Gasteiger partial charge < -0.3 is 15.2 Å². The van der Waals surface area contributed by atoms with Crippen LogP contribution < -0.4 is 30.2 Å². The summed E-state index contributed by atoms with van der Waals surface area (Å²) < 4.78 is 13.0. The Labute approximate surface area is 189 Å². The molecule has 4 heterocycles. The van der Waals surface area contributed by atoms with Crippen LogP contribution in [0.15, 0.2) is 53.3 Å². The van der Waals surface area contributed by atoms with Gasteiger partial charge in [0.1, 0.15) is 17.7 Å². The summed E-state index contributed by atoms with van der Waals surface area (Å²) in [4.78, 5) is 43.9. The van der Waals surface area contributed by atoms with Crippen LogP contribution in [-0.4, -0.2) is 39.6 Å². The fourth-order valence-electron chi connectivity index (χ4n) is 4.00. The number of ether oxygens (including phenoxy) is 2. The number of carbonyl (C=O) groups excluding carboxylic acids is 2. The Morgan fingerprint density at radius 2 is 1.88 bits per heavy atom. The molecule has 0 radical (unpaired) electrons. The maximum absolute atomic E-state index is 13.2. The van der Waals surface area contributed by atoms with Gasteiger partial charge in [-0.3, -0.25) is 19.3 Å². The SMILES string of the molecule is NC(=O)CN1C(=O)/C(=c2\sc3nc(C4COc5ccccc5O4)nn3c2=O)c2ccccc21. The van der Waals surface area contributed by atoms with Crippen LogP contribution in [0.2, 0.25) is 0 Å². The lowest BCUT2D eigenvalue weighted by Gasteiger charge is -2.24. The molecule has 10 nitrogen and oxygen atoms in total. The Kier molecular flexibility index (Phi) is 4.20. The first-order valence-corrected chi connectivity index (χ1v) is 10.8. The highest BCUT2D eigenvalue weighted by atomic mass is 32.1. The fourth-order valence-corrected chi connectivity index (χ4v) is 5.00. The zero-order valence-electron chi connectivity index (χ0n) is 16.9. The number of anilines is 1. The van der Waals surface area contributed by atoms with Gasteiger partial charge in [-0.1, -0.05) is 41.7 Å². The van der Waals surface area contributed by atoms with Gasteiger partial charge in [0.15, 0.2) is 23.4 Å². The van der Waals surface area contributed by atoms with E-state index in [1.54, 1.807) is 30.3 Å². The fraction of sp³-hybridized carbons (Fsp3) is 0.136. The van der Waals surface area contributed by atoms with Crippen molar-refractivity contribution in [2.45, 2.75) is 6.10 Å². The van der Waals surface area contributed by atoms with Crippen LogP contribution in [0.25, 0.3) is 10.5 Å². The second-order valence-electron chi connectivity index (χ2n) is 7.51. The minimum atomic E-state index is -0.648. The number of aromatic nitrogens is 3. The van der Waals surface area contributed by atoms with E-state index >= 15 is 0 Å². The van der Waals surface area contributed by atoms with E-state index < -0.39 is 23.5 Å². The van der Waals surface area contributed by atoms with Crippen LogP contribution in [-0.2, 0) is 9.59 Å². The Morgan fingerprint density at radius 3 is 2.67 bits per heavy atom. The van der Waals surface area contributed by atoms with Crippen LogP contribution >= 0.6 is 11.3 Å². The molecule has 2 aromatic heterocycles. The first-order valence-electron chi connectivity index (χ1n) is 10.0. The number of primary amides is 1. The molecule has 0 fully saturated rings. The van der Waals surface area contributed by atoms with Crippen molar-refractivity contribution in [1.82, 2.24) is 14.6 Å². The monoisotopic (exact) mass is 461 g/mol. The smallest absolute Gasteiger partial charge is 0.291 e. The second-order valence-corrected chi connectivity index (χ2v) is 8.49. The quantitative estimate of drug-likeness (QED) is 0.468. The van der Waals surface area contributed by atoms with Gasteiger partial charge >= 0.3 is 0 Å². The van der Waals surface area contributed by atoms with Crippen molar-refractivity contribution in [2.24, 2.45) is 5.73 Å². The summed E-state index contributed by atoms with van der Waals surface area (Å²) in [7, 11) is 0. The maximum Gasteiger partial charge on any atom is 0.291 e. The molecule has 0 saturated carbocycles. The van der Waals surface area contributed by atoms with Gasteiger partial charge in [-0.2, -0.15) is 9.50 Å². The third kappa shape index (κ3) is 2.97. The molecule has 33 heavy (non-hydrogen) atoms. The summed E-state index contributed by atoms with van der Waals surface area (Å²) in [5.41, 5.74) is 6.15. The molecular formula is C22H15N5O5S. The number of carbonyl (C=O) groups is 2. The molecule has 4 aromatic rings. The lowest BCUT2D eigenvalue weighted by atomic mass is 10.1. The summed E-state index contributed by atoms with van der Waals surface area (Å²) in [6, 6.07) is 14.2. The molecule has 2 aromatic carbocycles. The minimum Gasteiger partial charge on any atom is -0.485 e. The summed E-state index contributed by atoms with van der Waals surface area (Å²) >= 11 is 1.06. The second kappa shape index (κ2) is 7.14. The molecule has 2 amide bonds. The lowest BCUT2D eigenvalue weighted by molar-refractivity contribution is -0.119. The molecule has 2 N–H and O–H groups in total. The number of thiazole rings is 1. The highest BCUT2D eigenvalue weighted by Crippen LogP contribution is 2.36. The standard InChI is InChI=1S/C22H15N5O5S/c23-16(28)9-26-12-6-2-1-5-11(12)17(20(26)29)18-21(30)27-22(33-18)24-19(25-27)15-10-31-13-7-3-4-8-14(13)32-15/h1-8,15H,9-10H2,(H2,23,28)/b18-17-. The normalized spacial score (nSPS) is 18.6. The molecule has 11 heteroatoms. The molecular weight excluding hydrogens is 446 g/mol. The van der Waals surface area contributed by atoms with Gasteiger partial charge in [0.2, 0.25) is 10.9 Å². The third-order valence-electron chi connectivity index (χ3n) is 5.43. The Bertz CT molecular complexity index is 1580. The largest absolute Gasteiger partial charge is 0.485 e. The summed E-state index contributed by atoms with van der Waals surface area (Å²) in [5.74, 6) is 0.422. The van der Waals surface area contributed by atoms with E-state index in [0.29, 0.717) is 33.5 Å². The van der Waals surface area contributed by atoms with E-state index in [-0.39, 0.29) is 23.3 Å². The van der Waals surface area contributed by atoms with E-state index in [0.717, 1.165) is 11.3 Å². The zero-order valence-corrected chi connectivity index (χ0v) is 17.7. The molecule has 0 aliphatic carbocycles. The van der Waals surface area contributed by atoms with E-state index in [9.17, 15) is 14.4 Å². The number of fused-ring (bicyclic) bond motifs is 3. The van der Waals surface area contributed by atoms with Crippen molar-refractivity contribution in [3.63, 3.8) is 0 Å². The molecule has 164 valence electrons. The van der Waals surface area contributed by atoms with Crippen molar-refractivity contribution >= 4 is 39.4 Å². The number of nitrogens with zero attached hydrogens (tertiary/aromatic N) is 4. The molecule has 2 aliphatic heterocycles. The van der Waals surface area contributed by atoms with E-state index in [2.05, 4.69) is 10.1 Å². The van der Waals surface area contributed by atoms with Gasteiger partial charge in [-0.15, -0.1) is 5.10 Å². The average molecular weight is 461 g/mol. The van der Waals surface area contributed by atoms with Crippen molar-refractivity contribution in [3.05, 3.63) is 74.8 Å². The predicted octanol–water partition coefficient (Wildman–Crippen LogP) is 0.413. The average Bonchev–Trinajstić information content (AvgIpc) is 3.45. The van der Waals surface area contributed by atoms with Crippen molar-refractivity contribution in [3.8, 4) is 11.5 Å². The topological polar surface area (TPSA) is 129 Å². The number of nitrogens with two attached hydrogens (primary N) is 1. The summed E-state index contributed by atoms with van der Waals surface area (Å²) in [6.07, 6.45) is -0.567. The minimum absolute atomic E-state index is 0.201. The number of amides is 2. The molecule has 2 aliphatic rings. The number of hydrogen-bond acceptors (Lipinski definition) is 8. The molecule has 0 spiro atoms. The van der Waals surface area contributed by atoms with Crippen LogP contribution in [0.3, 0.4) is 0 Å².